The molecule has 0 fully saturated rings. The van der Waals surface area contributed by atoms with Crippen molar-refractivity contribution >= 4 is 12.1 Å². The molecule has 0 spiro atoms. The van der Waals surface area contributed by atoms with E-state index in [9.17, 15) is 18.4 Å². The fourth-order valence-corrected chi connectivity index (χ4v) is 0.882. The zero-order chi connectivity index (χ0) is 9.40. The van der Waals surface area contributed by atoms with Gasteiger partial charge in [0, 0.05) is 12.8 Å². The fourth-order valence-electron chi connectivity index (χ4n) is 0.882. The molecule has 0 rings (SSSR count). The van der Waals surface area contributed by atoms with Gasteiger partial charge >= 0.3 is 12.1 Å². The lowest BCUT2D eigenvalue weighted by Crippen LogP contribution is -1.89. The molecule has 0 aliphatic rings. The molecule has 0 N–H and O–H groups in total. The summed E-state index contributed by atoms with van der Waals surface area (Å²) < 4.78 is 23.2. The van der Waals surface area contributed by atoms with Crippen LogP contribution < -0.4 is 0 Å². The minimum atomic E-state index is -1.31. The predicted octanol–water partition coefficient (Wildman–Crippen LogP) is 2.32. The van der Waals surface area contributed by atoms with Gasteiger partial charge in [0.15, 0.2) is 0 Å². The van der Waals surface area contributed by atoms with Gasteiger partial charge in [-0.3, -0.25) is 9.59 Å². The van der Waals surface area contributed by atoms with Crippen LogP contribution in [0.2, 0.25) is 0 Å². The largest absolute Gasteiger partial charge is 0.301 e. The van der Waals surface area contributed by atoms with Crippen molar-refractivity contribution in [3.63, 3.8) is 0 Å². The molecule has 0 saturated heterocycles. The van der Waals surface area contributed by atoms with Gasteiger partial charge in [0.25, 0.3) is 0 Å². The summed E-state index contributed by atoms with van der Waals surface area (Å²) in [6.07, 6.45) is 2.17. The molecular formula is C8H12F2O2. The van der Waals surface area contributed by atoms with Gasteiger partial charge in [-0.2, -0.15) is 8.78 Å². The highest BCUT2D eigenvalue weighted by Crippen LogP contribution is 2.06. The predicted molar refractivity (Wildman–Crippen MR) is 39.9 cm³/mol. The summed E-state index contributed by atoms with van der Waals surface area (Å²) in [6.45, 7) is 0. The monoisotopic (exact) mass is 178 g/mol. The van der Waals surface area contributed by atoms with Crippen LogP contribution in [0.15, 0.2) is 0 Å². The second-order valence-corrected chi connectivity index (χ2v) is 2.62. The molecule has 0 unspecified atom stereocenters. The van der Waals surface area contributed by atoms with Crippen LogP contribution in [0.1, 0.15) is 38.5 Å². The van der Waals surface area contributed by atoms with E-state index < -0.39 is 12.1 Å². The minimum absolute atomic E-state index is 0.0659. The zero-order valence-electron chi connectivity index (χ0n) is 6.82. The quantitative estimate of drug-likeness (QED) is 0.443. The number of hydrogen-bond acceptors (Lipinski definition) is 2. The summed E-state index contributed by atoms with van der Waals surface area (Å²) in [5, 5.41) is 0. The first-order chi connectivity index (χ1) is 5.63. The van der Waals surface area contributed by atoms with E-state index in [0.717, 1.165) is 0 Å². The van der Waals surface area contributed by atoms with Crippen LogP contribution >= 0.6 is 0 Å². The molecule has 0 amide bonds. The van der Waals surface area contributed by atoms with Crippen LogP contribution in [0.4, 0.5) is 8.78 Å². The highest BCUT2D eigenvalue weighted by molar-refractivity contribution is 5.68. The smallest absolute Gasteiger partial charge is 0.261 e. The molecule has 12 heavy (non-hydrogen) atoms. The van der Waals surface area contributed by atoms with E-state index in [2.05, 4.69) is 0 Å². The average Bonchev–Trinajstić information content (AvgIpc) is 1.95. The summed E-state index contributed by atoms with van der Waals surface area (Å²) in [4.78, 5) is 19.6. The maximum atomic E-state index is 11.6. The normalized spacial score (nSPS) is 9.83. The Bertz CT molecular complexity index is 139. The van der Waals surface area contributed by atoms with Crippen molar-refractivity contribution in [1.82, 2.24) is 0 Å². The maximum absolute atomic E-state index is 11.6. The Hall–Kier alpha value is -0.800. The summed E-state index contributed by atoms with van der Waals surface area (Å²) in [5.41, 5.74) is 0. The standard InChI is InChI=1S/C8H12F2O2/c9-7(11)5-3-1-2-4-6-8(10)12/h1-6H2. The van der Waals surface area contributed by atoms with Crippen molar-refractivity contribution < 1.29 is 18.4 Å². The molecule has 0 aromatic carbocycles. The van der Waals surface area contributed by atoms with Gasteiger partial charge in [-0.1, -0.05) is 12.8 Å². The Balaban J connectivity index is 3.01. The van der Waals surface area contributed by atoms with E-state index in [-0.39, 0.29) is 12.8 Å². The minimum Gasteiger partial charge on any atom is -0.261 e. The number of carbonyl (C=O) groups is 2. The van der Waals surface area contributed by atoms with Crippen LogP contribution in [0, 0.1) is 0 Å². The molecule has 0 aliphatic heterocycles. The molecular weight excluding hydrogens is 166 g/mol. The molecule has 0 radical (unpaired) electrons. The van der Waals surface area contributed by atoms with E-state index in [1.807, 2.05) is 0 Å². The molecule has 0 heterocycles. The van der Waals surface area contributed by atoms with E-state index in [4.69, 9.17) is 0 Å². The Kier molecular flexibility index (Phi) is 6.42. The molecule has 0 atom stereocenters. The summed E-state index contributed by atoms with van der Waals surface area (Å²) in [5.74, 6) is 0. The zero-order valence-corrected chi connectivity index (χ0v) is 6.82. The van der Waals surface area contributed by atoms with Crippen molar-refractivity contribution in [2.45, 2.75) is 38.5 Å². The van der Waals surface area contributed by atoms with Crippen molar-refractivity contribution in [3.8, 4) is 0 Å². The Morgan fingerprint density at radius 1 is 0.750 bits per heavy atom. The van der Waals surface area contributed by atoms with Crippen molar-refractivity contribution in [2.75, 3.05) is 0 Å². The number of halogens is 2. The molecule has 0 aliphatic carbocycles. The molecule has 2 nitrogen and oxygen atoms in total. The number of rotatable bonds is 7. The van der Waals surface area contributed by atoms with Crippen molar-refractivity contribution in [2.24, 2.45) is 0 Å². The second kappa shape index (κ2) is 6.88. The van der Waals surface area contributed by atoms with Gasteiger partial charge < -0.3 is 0 Å². The number of unbranched alkanes of at least 4 members (excludes halogenated alkanes) is 3. The average molecular weight is 178 g/mol. The van der Waals surface area contributed by atoms with Crippen LogP contribution in [-0.4, -0.2) is 12.1 Å². The van der Waals surface area contributed by atoms with Gasteiger partial charge in [-0.25, -0.2) is 0 Å². The molecule has 0 bridgehead atoms. The van der Waals surface area contributed by atoms with Gasteiger partial charge in [0.05, 0.1) is 0 Å². The summed E-state index contributed by atoms with van der Waals surface area (Å²) >= 11 is 0. The van der Waals surface area contributed by atoms with Crippen LogP contribution in [0.25, 0.3) is 0 Å². The highest BCUT2D eigenvalue weighted by Gasteiger charge is 1.99. The molecule has 70 valence electrons. The number of hydrogen-bond donors (Lipinski definition) is 0. The first-order valence-electron chi connectivity index (χ1n) is 3.99. The van der Waals surface area contributed by atoms with Crippen LogP contribution in [-0.2, 0) is 9.59 Å². The molecule has 4 heteroatoms. The SMILES string of the molecule is O=C(F)CCCCCCC(=O)F. The van der Waals surface area contributed by atoms with E-state index in [1.165, 1.54) is 0 Å². The van der Waals surface area contributed by atoms with E-state index in [1.54, 1.807) is 0 Å². The first-order valence-corrected chi connectivity index (χ1v) is 3.99. The summed E-state index contributed by atoms with van der Waals surface area (Å²) in [7, 11) is 0. The molecule has 0 aromatic rings. The van der Waals surface area contributed by atoms with Crippen molar-refractivity contribution in [1.29, 1.82) is 0 Å². The fraction of sp³-hybridized carbons (Fsp3) is 0.750. The van der Waals surface area contributed by atoms with Gasteiger partial charge in [0.1, 0.15) is 0 Å². The topological polar surface area (TPSA) is 34.1 Å². The first kappa shape index (κ1) is 11.2. The Labute approximate surface area is 69.9 Å². The third-order valence-electron chi connectivity index (χ3n) is 1.50. The maximum Gasteiger partial charge on any atom is 0.301 e. The second-order valence-electron chi connectivity index (χ2n) is 2.62. The Morgan fingerprint density at radius 2 is 1.08 bits per heavy atom. The van der Waals surface area contributed by atoms with E-state index >= 15 is 0 Å². The molecule has 0 aromatic heterocycles. The third-order valence-corrected chi connectivity index (χ3v) is 1.50. The lowest BCUT2D eigenvalue weighted by molar-refractivity contribution is -0.130. The van der Waals surface area contributed by atoms with E-state index in [0.29, 0.717) is 25.7 Å². The van der Waals surface area contributed by atoms with Gasteiger partial charge in [-0.05, 0) is 12.8 Å². The highest BCUT2D eigenvalue weighted by atomic mass is 19.1. The summed E-state index contributed by atoms with van der Waals surface area (Å²) in [6, 6.07) is -2.62. The van der Waals surface area contributed by atoms with Crippen LogP contribution in [0.5, 0.6) is 0 Å². The number of carbonyl (C=O) groups excluding carboxylic acids is 2. The Morgan fingerprint density at radius 3 is 1.33 bits per heavy atom. The van der Waals surface area contributed by atoms with Crippen LogP contribution in [0.3, 0.4) is 0 Å². The molecule has 0 saturated carbocycles. The van der Waals surface area contributed by atoms with Gasteiger partial charge in [0.2, 0.25) is 0 Å². The van der Waals surface area contributed by atoms with Gasteiger partial charge in [-0.15, -0.1) is 0 Å². The van der Waals surface area contributed by atoms with Crippen molar-refractivity contribution in [3.05, 3.63) is 0 Å². The lowest BCUT2D eigenvalue weighted by Gasteiger charge is -1.95. The lowest BCUT2D eigenvalue weighted by atomic mass is 10.1. The third kappa shape index (κ3) is 9.20.